The fourth-order valence-electron chi connectivity index (χ4n) is 5.28. The average molecular weight is 446 g/mol. The molecule has 6 heteroatoms. The van der Waals surface area contributed by atoms with Crippen molar-refractivity contribution in [1.29, 1.82) is 0 Å². The van der Waals surface area contributed by atoms with Gasteiger partial charge in [-0.1, -0.05) is 33.4 Å². The molecule has 6 nitrogen and oxygen atoms in total. The molecule has 1 N–H and O–H groups in total. The number of hydrogen-bond donors (Lipinski definition) is 1. The normalized spacial score (nSPS) is 19.1. The second-order valence-electron chi connectivity index (χ2n) is 9.83. The van der Waals surface area contributed by atoms with Gasteiger partial charge in [-0.2, -0.15) is 0 Å². The van der Waals surface area contributed by atoms with Crippen LogP contribution in [0.5, 0.6) is 0 Å². The molecule has 1 atom stereocenters. The fraction of sp³-hybridized carbons (Fsp3) is 0.407. The summed E-state index contributed by atoms with van der Waals surface area (Å²) in [6.45, 7) is 11.6. The number of pyridine rings is 2. The molecule has 0 radical (unpaired) electrons. The Morgan fingerprint density at radius 3 is 2.73 bits per heavy atom. The topological polar surface area (TPSA) is 67.6 Å². The van der Waals surface area contributed by atoms with E-state index >= 15 is 0 Å². The van der Waals surface area contributed by atoms with Crippen LogP contribution in [0.1, 0.15) is 60.9 Å². The van der Waals surface area contributed by atoms with Gasteiger partial charge in [0.2, 0.25) is 0 Å². The standard InChI is InChI=1S/C27H31N3O3/c1-7-27(32)16(4)33-14-21-22(27)11-24-25-17(12-30(24)26(21)31)10-19-20(13-29(5)6)18(15(2)3)8-9-23(19)28-25/h8-11,15,32H,4,7,12-14H2,1-3,5-6H3/t27-/m1/s1. The summed E-state index contributed by atoms with van der Waals surface area (Å²) in [5.74, 6) is 0.699. The number of nitrogens with zero attached hydrogens (tertiary/aromatic N) is 3. The number of aromatic nitrogens is 2. The van der Waals surface area contributed by atoms with Crippen LogP contribution < -0.4 is 5.56 Å². The van der Waals surface area contributed by atoms with Crippen LogP contribution in [0.4, 0.5) is 0 Å². The van der Waals surface area contributed by atoms with Crippen LogP contribution in [0.2, 0.25) is 0 Å². The van der Waals surface area contributed by atoms with Crippen LogP contribution in [0.25, 0.3) is 22.3 Å². The van der Waals surface area contributed by atoms with Gasteiger partial charge in [0.05, 0.1) is 29.0 Å². The number of fused-ring (bicyclic) bond motifs is 5. The van der Waals surface area contributed by atoms with Gasteiger partial charge in [0, 0.05) is 23.1 Å². The van der Waals surface area contributed by atoms with Crippen molar-refractivity contribution < 1.29 is 9.84 Å². The van der Waals surface area contributed by atoms with Gasteiger partial charge < -0.3 is 19.3 Å². The molecule has 0 spiro atoms. The molecule has 2 aromatic heterocycles. The number of rotatable bonds is 4. The van der Waals surface area contributed by atoms with Gasteiger partial charge in [0.15, 0.2) is 0 Å². The van der Waals surface area contributed by atoms with Crippen molar-refractivity contribution >= 4 is 10.9 Å². The third-order valence-corrected chi connectivity index (χ3v) is 7.10. The number of aliphatic hydroxyl groups is 1. The Kier molecular flexibility index (Phi) is 4.99. The molecular weight excluding hydrogens is 414 g/mol. The van der Waals surface area contributed by atoms with Crippen LogP contribution >= 0.6 is 0 Å². The van der Waals surface area contributed by atoms with Gasteiger partial charge in [-0.25, -0.2) is 4.98 Å². The van der Waals surface area contributed by atoms with Crippen LogP contribution in [-0.4, -0.2) is 33.7 Å². The number of ether oxygens (including phenoxy) is 1. The van der Waals surface area contributed by atoms with Crippen molar-refractivity contribution in [3.8, 4) is 11.4 Å². The minimum absolute atomic E-state index is 0.125. The van der Waals surface area contributed by atoms with E-state index in [-0.39, 0.29) is 12.2 Å². The Morgan fingerprint density at radius 2 is 2.06 bits per heavy atom. The molecule has 0 bridgehead atoms. The summed E-state index contributed by atoms with van der Waals surface area (Å²) in [5, 5.41) is 12.4. The first kappa shape index (κ1) is 21.9. The molecule has 5 rings (SSSR count). The van der Waals surface area contributed by atoms with Crippen molar-refractivity contribution in [3.05, 3.63) is 74.8 Å². The van der Waals surface area contributed by atoms with Crippen molar-refractivity contribution in [2.24, 2.45) is 0 Å². The second kappa shape index (κ2) is 7.54. The van der Waals surface area contributed by atoms with E-state index in [0.717, 1.165) is 34.4 Å². The predicted octanol–water partition coefficient (Wildman–Crippen LogP) is 4.25. The van der Waals surface area contributed by atoms with E-state index in [1.807, 2.05) is 13.0 Å². The van der Waals surface area contributed by atoms with E-state index in [0.29, 0.717) is 35.8 Å². The third-order valence-electron chi connectivity index (χ3n) is 7.10. The van der Waals surface area contributed by atoms with Crippen molar-refractivity contribution in [2.75, 3.05) is 14.1 Å². The van der Waals surface area contributed by atoms with Crippen LogP contribution in [0.3, 0.4) is 0 Å². The second-order valence-corrected chi connectivity index (χ2v) is 9.83. The lowest BCUT2D eigenvalue weighted by Crippen LogP contribution is -2.38. The minimum Gasteiger partial charge on any atom is -0.490 e. The monoisotopic (exact) mass is 445 g/mol. The van der Waals surface area contributed by atoms with E-state index in [9.17, 15) is 9.90 Å². The maximum atomic E-state index is 13.4. The molecule has 0 amide bonds. The number of hydrogen-bond acceptors (Lipinski definition) is 5. The lowest BCUT2D eigenvalue weighted by molar-refractivity contribution is -0.0172. The highest BCUT2D eigenvalue weighted by Crippen LogP contribution is 2.42. The zero-order chi connectivity index (χ0) is 23.7. The predicted molar refractivity (Wildman–Crippen MR) is 130 cm³/mol. The lowest BCUT2D eigenvalue weighted by atomic mass is 9.84. The first-order chi connectivity index (χ1) is 15.7. The molecule has 2 aliphatic rings. The molecule has 0 fully saturated rings. The first-order valence-corrected chi connectivity index (χ1v) is 11.6. The van der Waals surface area contributed by atoms with E-state index < -0.39 is 5.60 Å². The van der Waals surface area contributed by atoms with E-state index in [2.05, 4.69) is 57.6 Å². The Bertz CT molecular complexity index is 1370. The zero-order valence-corrected chi connectivity index (χ0v) is 20.0. The summed E-state index contributed by atoms with van der Waals surface area (Å²) in [7, 11) is 4.16. The SMILES string of the molecule is C=C1OCc2c(cc3n(c2=O)Cc2cc4c(CN(C)C)c(C(C)C)ccc4nc2-3)[C@@]1(O)CC. The Morgan fingerprint density at radius 1 is 1.30 bits per heavy atom. The van der Waals surface area contributed by atoms with Crippen molar-refractivity contribution in [1.82, 2.24) is 14.5 Å². The van der Waals surface area contributed by atoms with Gasteiger partial charge in [-0.05, 0) is 55.8 Å². The van der Waals surface area contributed by atoms with Gasteiger partial charge in [0.25, 0.3) is 5.56 Å². The molecular formula is C27H31N3O3. The van der Waals surface area contributed by atoms with Crippen LogP contribution in [0.15, 0.2) is 41.4 Å². The van der Waals surface area contributed by atoms with Gasteiger partial charge >= 0.3 is 0 Å². The molecule has 33 heavy (non-hydrogen) atoms. The largest absolute Gasteiger partial charge is 0.490 e. The molecule has 4 heterocycles. The molecule has 0 aliphatic carbocycles. The molecule has 172 valence electrons. The van der Waals surface area contributed by atoms with E-state index in [1.165, 1.54) is 11.1 Å². The summed E-state index contributed by atoms with van der Waals surface area (Å²) < 4.78 is 7.36. The van der Waals surface area contributed by atoms with Crippen molar-refractivity contribution in [3.63, 3.8) is 0 Å². The first-order valence-electron chi connectivity index (χ1n) is 11.6. The van der Waals surface area contributed by atoms with Crippen molar-refractivity contribution in [2.45, 2.75) is 58.4 Å². The quantitative estimate of drug-likeness (QED) is 0.509. The summed E-state index contributed by atoms with van der Waals surface area (Å²) >= 11 is 0. The highest BCUT2D eigenvalue weighted by Gasteiger charge is 2.41. The third kappa shape index (κ3) is 3.15. The Balaban J connectivity index is 1.75. The summed E-state index contributed by atoms with van der Waals surface area (Å²) in [6.07, 6.45) is 0.381. The van der Waals surface area contributed by atoms with Crippen LogP contribution in [0, 0.1) is 0 Å². The average Bonchev–Trinajstić information content (AvgIpc) is 3.13. The number of benzene rings is 1. The van der Waals surface area contributed by atoms with E-state index in [4.69, 9.17) is 9.72 Å². The lowest BCUT2D eigenvalue weighted by Gasteiger charge is -2.35. The Labute approximate surface area is 194 Å². The molecule has 3 aromatic rings. The molecule has 0 unspecified atom stereocenters. The molecule has 0 saturated heterocycles. The fourth-order valence-corrected chi connectivity index (χ4v) is 5.28. The Hall–Kier alpha value is -2.96. The molecule has 0 saturated carbocycles. The van der Waals surface area contributed by atoms with Crippen LogP contribution in [-0.2, 0) is 30.0 Å². The summed E-state index contributed by atoms with van der Waals surface area (Å²) in [5.41, 5.74) is 5.73. The van der Waals surface area contributed by atoms with E-state index in [1.54, 1.807) is 4.57 Å². The maximum Gasteiger partial charge on any atom is 0.258 e. The molecule has 1 aromatic carbocycles. The smallest absolute Gasteiger partial charge is 0.258 e. The molecule has 2 aliphatic heterocycles. The minimum atomic E-state index is -1.37. The van der Waals surface area contributed by atoms with Gasteiger partial charge in [-0.3, -0.25) is 4.79 Å². The highest BCUT2D eigenvalue weighted by molar-refractivity contribution is 5.88. The summed E-state index contributed by atoms with van der Waals surface area (Å²) in [6, 6.07) is 8.38. The van der Waals surface area contributed by atoms with Gasteiger partial charge in [-0.15, -0.1) is 0 Å². The zero-order valence-electron chi connectivity index (χ0n) is 20.0. The summed E-state index contributed by atoms with van der Waals surface area (Å²) in [4.78, 5) is 20.7. The highest BCUT2D eigenvalue weighted by atomic mass is 16.5. The van der Waals surface area contributed by atoms with Gasteiger partial charge in [0.1, 0.15) is 18.0 Å². The maximum absolute atomic E-state index is 13.4.